The molecule has 1 aliphatic rings. The van der Waals surface area contributed by atoms with E-state index in [2.05, 4.69) is 18.8 Å². The molecule has 5 atom stereocenters. The first-order valence-electron chi connectivity index (χ1n) is 14.0. The molecule has 1 fully saturated rings. The Morgan fingerprint density at radius 1 is 0.897 bits per heavy atom. The normalized spacial score (nSPS) is 23.3. The van der Waals surface area contributed by atoms with E-state index < -0.39 is 37.3 Å². The van der Waals surface area contributed by atoms with Crippen LogP contribution in [0, 0.1) is 0 Å². The highest BCUT2D eigenvalue weighted by atomic mass is 16.7. The van der Waals surface area contributed by atoms with Crippen molar-refractivity contribution in [3.63, 3.8) is 0 Å². The van der Waals surface area contributed by atoms with Gasteiger partial charge in [-0.15, -0.1) is 0 Å². The van der Waals surface area contributed by atoms with Gasteiger partial charge in [0.05, 0.1) is 23.1 Å². The van der Waals surface area contributed by atoms with Gasteiger partial charge in [0, 0.05) is 0 Å². The number of nitrogens with zero attached hydrogens (tertiary/aromatic N) is 1. The topological polar surface area (TPSA) is 145 Å². The second kappa shape index (κ2) is 13.5. The average Bonchev–Trinajstić information content (AvgIpc) is 2.94. The lowest BCUT2D eigenvalue weighted by atomic mass is 9.99. The Kier molecular flexibility index (Phi) is 10.1. The van der Waals surface area contributed by atoms with Crippen LogP contribution in [0.15, 0.2) is 41.2 Å². The molecule has 0 unspecified atom stereocenters. The first-order valence-corrected chi connectivity index (χ1v) is 14.0. The van der Waals surface area contributed by atoms with Crippen LogP contribution in [0.25, 0.3) is 22.3 Å². The Morgan fingerprint density at radius 3 is 2.23 bits per heavy atom. The van der Waals surface area contributed by atoms with Crippen molar-refractivity contribution in [3.8, 4) is 17.1 Å². The third kappa shape index (κ3) is 6.85. The van der Waals surface area contributed by atoms with E-state index in [0.717, 1.165) is 62.5 Å². The van der Waals surface area contributed by atoms with E-state index in [1.54, 1.807) is 6.07 Å². The third-order valence-corrected chi connectivity index (χ3v) is 7.30. The van der Waals surface area contributed by atoms with Crippen LogP contribution >= 0.6 is 0 Å². The van der Waals surface area contributed by atoms with Gasteiger partial charge in [0.2, 0.25) is 6.29 Å². The van der Waals surface area contributed by atoms with Gasteiger partial charge < -0.3 is 34.9 Å². The molecule has 0 radical (unpaired) electrons. The third-order valence-electron chi connectivity index (χ3n) is 7.30. The van der Waals surface area contributed by atoms with E-state index in [1.165, 1.54) is 0 Å². The minimum atomic E-state index is -1.57. The maximum absolute atomic E-state index is 13.2. The monoisotopic (exact) mass is 540 g/mol. The Morgan fingerprint density at radius 2 is 1.56 bits per heavy atom. The maximum Gasteiger partial charge on any atom is 0.259 e. The number of ether oxygens (including phenoxy) is 2. The standard InChI is InChI=1S/C30H40N2O7/c1-3-5-7-9-18-11-13-22-20(15-18)29(37)32-28(31-22)21-16-19(10-8-6-4-2)12-14-23(21)38-30-27(36)26(35)25(34)24(17-33)39-30/h11-16,24-27,30,33-36H,3-10,17H2,1-2H3,(H,31,32,37)/t24-,25-,26+,27-,30-/m1/s1. The first-order chi connectivity index (χ1) is 18.9. The fourth-order valence-corrected chi connectivity index (χ4v) is 4.94. The highest BCUT2D eigenvalue weighted by molar-refractivity contribution is 5.81. The number of nitrogens with one attached hydrogen (secondary N) is 1. The molecule has 0 amide bonds. The summed E-state index contributed by atoms with van der Waals surface area (Å²) in [5.41, 5.74) is 2.94. The Labute approximate surface area is 228 Å². The van der Waals surface area contributed by atoms with Gasteiger partial charge in [-0.3, -0.25) is 4.79 Å². The molecule has 0 aliphatic carbocycles. The average molecular weight is 541 g/mol. The van der Waals surface area contributed by atoms with Crippen LogP contribution in [0.1, 0.15) is 63.5 Å². The van der Waals surface area contributed by atoms with Crippen LogP contribution in [-0.2, 0) is 17.6 Å². The molecule has 1 saturated heterocycles. The fourth-order valence-electron chi connectivity index (χ4n) is 4.94. The number of aliphatic hydroxyl groups excluding tert-OH is 4. The number of rotatable bonds is 12. The number of hydrogen-bond acceptors (Lipinski definition) is 8. The van der Waals surface area contributed by atoms with Crippen molar-refractivity contribution in [2.24, 2.45) is 0 Å². The molecule has 9 nitrogen and oxygen atoms in total. The van der Waals surface area contributed by atoms with Gasteiger partial charge in [0.15, 0.2) is 0 Å². The minimum Gasteiger partial charge on any atom is -0.461 e. The van der Waals surface area contributed by atoms with Crippen LogP contribution in [0.3, 0.4) is 0 Å². The number of aromatic amines is 1. The smallest absolute Gasteiger partial charge is 0.259 e. The Balaban J connectivity index is 1.70. The number of H-pyrrole nitrogens is 1. The van der Waals surface area contributed by atoms with Gasteiger partial charge in [-0.2, -0.15) is 0 Å². The lowest BCUT2D eigenvalue weighted by Gasteiger charge is -2.39. The number of benzene rings is 2. The molecule has 2 heterocycles. The molecule has 4 rings (SSSR count). The van der Waals surface area contributed by atoms with Crippen LogP contribution in [0.4, 0.5) is 0 Å². The molecule has 0 saturated carbocycles. The Hall–Kier alpha value is -2.82. The molecule has 9 heteroatoms. The lowest BCUT2D eigenvalue weighted by Crippen LogP contribution is -2.60. The van der Waals surface area contributed by atoms with E-state index in [-0.39, 0.29) is 11.3 Å². The molecule has 39 heavy (non-hydrogen) atoms. The van der Waals surface area contributed by atoms with E-state index in [1.807, 2.05) is 30.3 Å². The number of aryl methyl sites for hydroxylation is 2. The predicted molar refractivity (Wildman–Crippen MR) is 149 cm³/mol. The first kappa shape index (κ1) is 29.2. The minimum absolute atomic E-state index is 0.262. The van der Waals surface area contributed by atoms with Crippen molar-refractivity contribution in [2.75, 3.05) is 6.61 Å². The molecule has 1 aromatic heterocycles. The van der Waals surface area contributed by atoms with Crippen LogP contribution < -0.4 is 10.3 Å². The van der Waals surface area contributed by atoms with Crippen LogP contribution in [0.5, 0.6) is 5.75 Å². The number of unbranched alkanes of at least 4 members (excludes halogenated alkanes) is 4. The molecule has 212 valence electrons. The van der Waals surface area contributed by atoms with Crippen LogP contribution in [0.2, 0.25) is 0 Å². The van der Waals surface area contributed by atoms with Gasteiger partial charge in [-0.05, 0) is 61.1 Å². The van der Waals surface area contributed by atoms with Crippen molar-refractivity contribution in [2.45, 2.75) is 95.9 Å². The van der Waals surface area contributed by atoms with E-state index in [9.17, 15) is 25.2 Å². The highest BCUT2D eigenvalue weighted by Gasteiger charge is 2.45. The molecular weight excluding hydrogens is 500 g/mol. The van der Waals surface area contributed by atoms with Crippen LogP contribution in [-0.4, -0.2) is 67.7 Å². The second-order valence-corrected chi connectivity index (χ2v) is 10.3. The largest absolute Gasteiger partial charge is 0.461 e. The van der Waals surface area contributed by atoms with Crippen molar-refractivity contribution in [1.29, 1.82) is 0 Å². The maximum atomic E-state index is 13.2. The van der Waals surface area contributed by atoms with Gasteiger partial charge in [0.1, 0.15) is 36.0 Å². The molecule has 0 bridgehead atoms. The van der Waals surface area contributed by atoms with Crippen molar-refractivity contribution >= 4 is 10.9 Å². The van der Waals surface area contributed by atoms with Gasteiger partial charge in [-0.25, -0.2) is 4.98 Å². The number of aliphatic hydroxyl groups is 4. The summed E-state index contributed by atoms with van der Waals surface area (Å²) in [5, 5.41) is 40.9. The van der Waals surface area contributed by atoms with E-state index in [0.29, 0.717) is 22.3 Å². The highest BCUT2D eigenvalue weighted by Crippen LogP contribution is 2.33. The van der Waals surface area contributed by atoms with E-state index >= 15 is 0 Å². The molecule has 5 N–H and O–H groups in total. The molecular formula is C30H40N2O7. The summed E-state index contributed by atoms with van der Waals surface area (Å²) >= 11 is 0. The fraction of sp³-hybridized carbons (Fsp3) is 0.533. The summed E-state index contributed by atoms with van der Waals surface area (Å²) in [6.45, 7) is 3.74. The summed E-state index contributed by atoms with van der Waals surface area (Å²) in [5.74, 6) is 0.584. The molecule has 2 aromatic carbocycles. The zero-order valence-corrected chi connectivity index (χ0v) is 22.7. The summed E-state index contributed by atoms with van der Waals surface area (Å²) in [7, 11) is 0. The van der Waals surface area contributed by atoms with E-state index in [4.69, 9.17) is 14.5 Å². The lowest BCUT2D eigenvalue weighted by molar-refractivity contribution is -0.277. The van der Waals surface area contributed by atoms with Crippen molar-refractivity contribution < 1.29 is 29.9 Å². The molecule has 0 spiro atoms. The summed E-state index contributed by atoms with van der Waals surface area (Å²) in [6.07, 6.45) is 1.17. The number of fused-ring (bicyclic) bond motifs is 1. The zero-order valence-electron chi connectivity index (χ0n) is 22.7. The summed E-state index contributed by atoms with van der Waals surface area (Å²) in [6, 6.07) is 11.3. The SMILES string of the molecule is CCCCCc1ccc(O[C@@H]2O[C@H](CO)[C@@H](O)[C@H](O)[C@H]2O)c(-c2nc3ccc(CCCCC)cc3c(=O)[nH]2)c1. The van der Waals surface area contributed by atoms with Gasteiger partial charge in [0.25, 0.3) is 5.56 Å². The van der Waals surface area contributed by atoms with Gasteiger partial charge >= 0.3 is 0 Å². The number of aromatic nitrogens is 2. The molecule has 3 aromatic rings. The molecule has 1 aliphatic heterocycles. The second-order valence-electron chi connectivity index (χ2n) is 10.3. The quantitative estimate of drug-likeness (QED) is 0.220. The van der Waals surface area contributed by atoms with Crippen molar-refractivity contribution in [3.05, 3.63) is 57.9 Å². The predicted octanol–water partition coefficient (Wildman–Crippen LogP) is 3.23. The van der Waals surface area contributed by atoms with Gasteiger partial charge in [-0.1, -0.05) is 51.7 Å². The number of hydrogen-bond donors (Lipinski definition) is 5. The Bertz CT molecular complexity index is 1290. The van der Waals surface area contributed by atoms with Crippen molar-refractivity contribution in [1.82, 2.24) is 9.97 Å². The summed E-state index contributed by atoms with van der Waals surface area (Å²) < 4.78 is 11.6. The zero-order chi connectivity index (χ0) is 27.9. The summed E-state index contributed by atoms with van der Waals surface area (Å²) in [4.78, 5) is 20.8.